The van der Waals surface area contributed by atoms with E-state index < -0.39 is 23.3 Å². The maximum absolute atomic E-state index is 12.7. The number of carboxylic acid groups (broad SMARTS) is 1. The van der Waals surface area contributed by atoms with Gasteiger partial charge in [-0.3, -0.25) is 0 Å². The van der Waals surface area contributed by atoms with Crippen molar-refractivity contribution in [3.8, 4) is 0 Å². The number of hydrogen-bond donors (Lipinski definition) is 3. The first-order valence-corrected chi connectivity index (χ1v) is 7.59. The minimum atomic E-state index is -4.58. The minimum Gasteiger partial charge on any atom is -0.478 e. The Hall–Kier alpha value is -2.96. The predicted octanol–water partition coefficient (Wildman–Crippen LogP) is 4.54. The summed E-state index contributed by atoms with van der Waals surface area (Å²) < 4.78 is 38.2. The number of anilines is 1. The number of aromatic amines is 1. The van der Waals surface area contributed by atoms with Crippen molar-refractivity contribution in [2.24, 2.45) is 0 Å². The molecule has 3 rings (SSSR count). The maximum atomic E-state index is 12.7. The minimum absolute atomic E-state index is 0.167. The summed E-state index contributed by atoms with van der Waals surface area (Å²) in [6, 6.07) is 10.4. The molecule has 1 aromatic heterocycles. The first-order valence-electron chi connectivity index (χ1n) is 7.59. The first-order chi connectivity index (χ1) is 11.9. The second-order valence-electron chi connectivity index (χ2n) is 5.60. The molecule has 4 nitrogen and oxygen atoms in total. The van der Waals surface area contributed by atoms with Crippen LogP contribution in [0.5, 0.6) is 0 Å². The molecule has 3 N–H and O–H groups in total. The van der Waals surface area contributed by atoms with Gasteiger partial charge in [-0.1, -0.05) is 18.2 Å². The third kappa shape index (κ3) is 3.60. The highest BCUT2D eigenvalue weighted by Crippen LogP contribution is 2.32. The normalized spacial score (nSPS) is 11.6. The summed E-state index contributed by atoms with van der Waals surface area (Å²) in [6.07, 6.45) is -2.10. The lowest BCUT2D eigenvalue weighted by molar-refractivity contribution is -0.137. The number of nitrogens with one attached hydrogen (secondary N) is 2. The van der Waals surface area contributed by atoms with Crippen molar-refractivity contribution in [1.82, 2.24) is 4.98 Å². The summed E-state index contributed by atoms with van der Waals surface area (Å²) >= 11 is 0. The van der Waals surface area contributed by atoms with Gasteiger partial charge < -0.3 is 15.4 Å². The van der Waals surface area contributed by atoms with Crippen molar-refractivity contribution in [2.75, 3.05) is 11.9 Å². The average Bonchev–Trinajstić information content (AvgIpc) is 2.97. The monoisotopic (exact) mass is 348 g/mol. The van der Waals surface area contributed by atoms with Crippen molar-refractivity contribution >= 4 is 22.6 Å². The van der Waals surface area contributed by atoms with Gasteiger partial charge in [-0.15, -0.1) is 0 Å². The van der Waals surface area contributed by atoms with Gasteiger partial charge >= 0.3 is 12.1 Å². The van der Waals surface area contributed by atoms with E-state index in [1.165, 1.54) is 0 Å². The number of aromatic nitrogens is 1. The van der Waals surface area contributed by atoms with E-state index >= 15 is 0 Å². The van der Waals surface area contributed by atoms with Crippen molar-refractivity contribution in [3.63, 3.8) is 0 Å². The van der Waals surface area contributed by atoms with Gasteiger partial charge in [0.1, 0.15) is 0 Å². The molecule has 0 bridgehead atoms. The predicted molar refractivity (Wildman–Crippen MR) is 88.9 cm³/mol. The molecule has 0 spiro atoms. The summed E-state index contributed by atoms with van der Waals surface area (Å²) in [7, 11) is 0. The lowest BCUT2D eigenvalue weighted by Gasteiger charge is -2.13. The largest absolute Gasteiger partial charge is 0.478 e. The van der Waals surface area contributed by atoms with E-state index in [2.05, 4.69) is 10.3 Å². The fraction of sp³-hybridized carbons (Fsp3) is 0.167. The molecule has 3 aromatic rings. The number of benzene rings is 2. The van der Waals surface area contributed by atoms with Gasteiger partial charge in [0.15, 0.2) is 0 Å². The zero-order valence-corrected chi connectivity index (χ0v) is 13.0. The number of H-pyrrole nitrogens is 1. The van der Waals surface area contributed by atoms with Crippen LogP contribution in [0.2, 0.25) is 0 Å². The number of aromatic carboxylic acids is 1. The molecule has 0 radical (unpaired) electrons. The van der Waals surface area contributed by atoms with E-state index in [-0.39, 0.29) is 5.69 Å². The first kappa shape index (κ1) is 16.9. The Labute approximate surface area is 141 Å². The molecule has 0 saturated heterocycles. The van der Waals surface area contributed by atoms with E-state index in [0.717, 1.165) is 28.6 Å². The molecular formula is C18H15F3N2O2. The Morgan fingerprint density at radius 2 is 1.92 bits per heavy atom. The summed E-state index contributed by atoms with van der Waals surface area (Å²) in [5, 5.41) is 13.1. The van der Waals surface area contributed by atoms with Crippen LogP contribution < -0.4 is 5.32 Å². The number of alkyl halides is 3. The van der Waals surface area contributed by atoms with Gasteiger partial charge in [0.05, 0.1) is 11.1 Å². The van der Waals surface area contributed by atoms with E-state index in [1.807, 2.05) is 30.5 Å². The Bertz CT molecular complexity index is 916. The highest BCUT2D eigenvalue weighted by atomic mass is 19.4. The standard InChI is InChI=1S/C18H15F3N2O2/c19-18(20,21)12-5-6-16(14(9-12)17(24)25)22-8-7-11-10-23-15-4-2-1-3-13(11)15/h1-6,9-10,22-23H,7-8H2,(H,24,25). The Kier molecular flexibility index (Phi) is 4.39. The van der Waals surface area contributed by atoms with Gasteiger partial charge in [0.2, 0.25) is 0 Å². The summed E-state index contributed by atoms with van der Waals surface area (Å²) in [5.41, 5.74) is 0.839. The number of carbonyl (C=O) groups is 1. The van der Waals surface area contributed by atoms with Crippen LogP contribution in [0.4, 0.5) is 18.9 Å². The van der Waals surface area contributed by atoms with Crippen molar-refractivity contribution in [3.05, 3.63) is 65.4 Å². The highest BCUT2D eigenvalue weighted by molar-refractivity contribution is 5.94. The summed E-state index contributed by atoms with van der Waals surface area (Å²) in [5.74, 6) is -1.40. The van der Waals surface area contributed by atoms with Crippen LogP contribution in [0.15, 0.2) is 48.7 Å². The number of halogens is 3. The molecule has 7 heteroatoms. The van der Waals surface area contributed by atoms with E-state index in [9.17, 15) is 18.0 Å². The van der Waals surface area contributed by atoms with Crippen LogP contribution >= 0.6 is 0 Å². The number of para-hydroxylation sites is 1. The molecule has 130 valence electrons. The fourth-order valence-electron chi connectivity index (χ4n) is 2.72. The Morgan fingerprint density at radius 1 is 1.16 bits per heavy atom. The van der Waals surface area contributed by atoms with E-state index in [1.54, 1.807) is 0 Å². The maximum Gasteiger partial charge on any atom is 0.416 e. The summed E-state index contributed by atoms with van der Waals surface area (Å²) in [6.45, 7) is 0.396. The molecule has 0 aliphatic rings. The molecule has 2 aromatic carbocycles. The molecule has 0 fully saturated rings. The molecule has 1 heterocycles. The van der Waals surface area contributed by atoms with Crippen molar-refractivity contribution in [1.29, 1.82) is 0 Å². The average molecular weight is 348 g/mol. The third-order valence-electron chi connectivity index (χ3n) is 3.96. The SMILES string of the molecule is O=C(O)c1cc(C(F)(F)F)ccc1NCCc1c[nH]c2ccccc12. The lowest BCUT2D eigenvalue weighted by atomic mass is 10.1. The van der Waals surface area contributed by atoms with Crippen LogP contribution in [0.1, 0.15) is 21.5 Å². The lowest BCUT2D eigenvalue weighted by Crippen LogP contribution is -2.12. The van der Waals surface area contributed by atoms with Gasteiger partial charge in [0.25, 0.3) is 0 Å². The zero-order chi connectivity index (χ0) is 18.0. The molecule has 0 unspecified atom stereocenters. The van der Waals surface area contributed by atoms with Crippen LogP contribution in [0.3, 0.4) is 0 Å². The summed E-state index contributed by atoms with van der Waals surface area (Å²) in [4.78, 5) is 14.4. The number of carboxylic acids is 1. The van der Waals surface area contributed by atoms with Crippen molar-refractivity contribution < 1.29 is 23.1 Å². The van der Waals surface area contributed by atoms with Gasteiger partial charge in [0, 0.05) is 29.3 Å². The molecule has 0 amide bonds. The van der Waals surface area contributed by atoms with Crippen molar-refractivity contribution in [2.45, 2.75) is 12.6 Å². The zero-order valence-electron chi connectivity index (χ0n) is 13.0. The quantitative estimate of drug-likeness (QED) is 0.634. The van der Waals surface area contributed by atoms with E-state index in [4.69, 9.17) is 5.11 Å². The van der Waals surface area contributed by atoms with Gasteiger partial charge in [-0.2, -0.15) is 13.2 Å². The Morgan fingerprint density at radius 3 is 2.64 bits per heavy atom. The van der Waals surface area contributed by atoms with Gasteiger partial charge in [-0.25, -0.2) is 4.79 Å². The molecule has 0 saturated carbocycles. The second-order valence-corrected chi connectivity index (χ2v) is 5.60. The fourth-order valence-corrected chi connectivity index (χ4v) is 2.72. The van der Waals surface area contributed by atoms with Crippen LogP contribution in [-0.2, 0) is 12.6 Å². The second kappa shape index (κ2) is 6.51. The van der Waals surface area contributed by atoms with Crippen LogP contribution in [0, 0.1) is 0 Å². The molecule has 0 aliphatic carbocycles. The smallest absolute Gasteiger partial charge is 0.416 e. The van der Waals surface area contributed by atoms with E-state index in [0.29, 0.717) is 19.0 Å². The van der Waals surface area contributed by atoms with Crippen LogP contribution in [-0.4, -0.2) is 22.6 Å². The Balaban J connectivity index is 1.75. The number of hydrogen-bond acceptors (Lipinski definition) is 2. The molecule has 0 aliphatic heterocycles. The molecule has 0 atom stereocenters. The number of fused-ring (bicyclic) bond motifs is 1. The third-order valence-corrected chi connectivity index (χ3v) is 3.96. The highest BCUT2D eigenvalue weighted by Gasteiger charge is 2.31. The van der Waals surface area contributed by atoms with Gasteiger partial charge in [-0.05, 0) is 36.2 Å². The van der Waals surface area contributed by atoms with Crippen LogP contribution in [0.25, 0.3) is 10.9 Å². The number of rotatable bonds is 5. The topological polar surface area (TPSA) is 65.1 Å². The molecular weight excluding hydrogens is 333 g/mol. The molecule has 25 heavy (non-hydrogen) atoms.